The Kier molecular flexibility index (Phi) is 4.63. The van der Waals surface area contributed by atoms with Crippen LogP contribution < -0.4 is 5.32 Å². The van der Waals surface area contributed by atoms with Crippen LogP contribution in [0.2, 0.25) is 10.0 Å². The van der Waals surface area contributed by atoms with E-state index in [2.05, 4.69) is 5.32 Å². The van der Waals surface area contributed by atoms with Gasteiger partial charge in [0, 0.05) is 10.0 Å². The van der Waals surface area contributed by atoms with Crippen molar-refractivity contribution in [3.8, 4) is 0 Å². The van der Waals surface area contributed by atoms with Crippen molar-refractivity contribution in [2.24, 2.45) is 0 Å². The quantitative estimate of drug-likeness (QED) is 0.880. The predicted molar refractivity (Wildman–Crippen MR) is 79.9 cm³/mol. The van der Waals surface area contributed by atoms with Gasteiger partial charge in [-0.25, -0.2) is 4.39 Å². The van der Waals surface area contributed by atoms with Crippen LogP contribution in [0.4, 0.5) is 10.1 Å². The highest BCUT2D eigenvalue weighted by Gasteiger charge is 2.12. The Morgan fingerprint density at radius 3 is 2.50 bits per heavy atom. The average molecular weight is 312 g/mol. The SMILES string of the molecule is Cc1ccc(F)c(NC(=O)Cc2c(Cl)cccc2Cl)c1. The van der Waals surface area contributed by atoms with Gasteiger partial charge in [0.1, 0.15) is 5.82 Å². The minimum atomic E-state index is -0.478. The van der Waals surface area contributed by atoms with Crippen LogP contribution >= 0.6 is 23.2 Å². The molecule has 0 heterocycles. The highest BCUT2D eigenvalue weighted by molar-refractivity contribution is 6.36. The van der Waals surface area contributed by atoms with Crippen molar-refractivity contribution in [2.75, 3.05) is 5.32 Å². The first-order chi connectivity index (χ1) is 9.47. The third-order valence-corrected chi connectivity index (χ3v) is 3.50. The summed E-state index contributed by atoms with van der Waals surface area (Å²) in [5, 5.41) is 3.35. The summed E-state index contributed by atoms with van der Waals surface area (Å²) in [6, 6.07) is 9.53. The third kappa shape index (κ3) is 3.50. The number of hydrogen-bond acceptors (Lipinski definition) is 1. The fraction of sp³-hybridized carbons (Fsp3) is 0.133. The zero-order valence-corrected chi connectivity index (χ0v) is 12.2. The predicted octanol–water partition coefficient (Wildman–Crippen LogP) is 4.62. The van der Waals surface area contributed by atoms with Crippen molar-refractivity contribution in [2.45, 2.75) is 13.3 Å². The Morgan fingerprint density at radius 1 is 1.20 bits per heavy atom. The third-order valence-electron chi connectivity index (χ3n) is 2.79. The highest BCUT2D eigenvalue weighted by Crippen LogP contribution is 2.25. The molecule has 0 aromatic heterocycles. The molecule has 0 radical (unpaired) electrons. The number of amides is 1. The van der Waals surface area contributed by atoms with E-state index in [1.807, 2.05) is 6.92 Å². The van der Waals surface area contributed by atoms with Crippen LogP contribution in [0.3, 0.4) is 0 Å². The van der Waals surface area contributed by atoms with E-state index in [-0.39, 0.29) is 18.0 Å². The number of carbonyl (C=O) groups is 1. The van der Waals surface area contributed by atoms with Crippen molar-refractivity contribution in [1.82, 2.24) is 0 Å². The van der Waals surface area contributed by atoms with E-state index in [9.17, 15) is 9.18 Å². The molecular weight excluding hydrogens is 300 g/mol. The van der Waals surface area contributed by atoms with E-state index in [1.54, 1.807) is 30.3 Å². The van der Waals surface area contributed by atoms with E-state index in [0.717, 1.165) is 5.56 Å². The van der Waals surface area contributed by atoms with Crippen LogP contribution in [0.1, 0.15) is 11.1 Å². The lowest BCUT2D eigenvalue weighted by molar-refractivity contribution is -0.115. The lowest BCUT2D eigenvalue weighted by Crippen LogP contribution is -2.16. The van der Waals surface area contributed by atoms with E-state index < -0.39 is 5.82 Å². The maximum Gasteiger partial charge on any atom is 0.228 e. The summed E-state index contributed by atoms with van der Waals surface area (Å²) in [7, 11) is 0. The molecule has 104 valence electrons. The number of rotatable bonds is 3. The molecule has 1 amide bonds. The smallest absolute Gasteiger partial charge is 0.228 e. The molecule has 0 fully saturated rings. The number of aryl methyl sites for hydroxylation is 1. The molecule has 0 aliphatic heterocycles. The highest BCUT2D eigenvalue weighted by atomic mass is 35.5. The Bertz CT molecular complexity index is 638. The molecule has 0 saturated carbocycles. The molecule has 1 N–H and O–H groups in total. The maximum absolute atomic E-state index is 13.6. The number of anilines is 1. The summed E-state index contributed by atoms with van der Waals surface area (Å²) in [6.45, 7) is 1.82. The maximum atomic E-state index is 13.6. The van der Waals surface area contributed by atoms with Crippen LogP contribution in [-0.2, 0) is 11.2 Å². The molecule has 0 unspecified atom stereocenters. The Labute approximate surface area is 126 Å². The lowest BCUT2D eigenvalue weighted by atomic mass is 10.1. The lowest BCUT2D eigenvalue weighted by Gasteiger charge is -2.09. The van der Waals surface area contributed by atoms with Gasteiger partial charge >= 0.3 is 0 Å². The average Bonchev–Trinajstić information content (AvgIpc) is 2.38. The van der Waals surface area contributed by atoms with Gasteiger partial charge in [0.15, 0.2) is 0 Å². The summed E-state index contributed by atoms with van der Waals surface area (Å²) in [6.07, 6.45) is -0.00805. The second-order valence-electron chi connectivity index (χ2n) is 4.41. The Balaban J connectivity index is 2.15. The minimum absolute atomic E-state index is 0.00805. The van der Waals surface area contributed by atoms with Crippen LogP contribution in [0.15, 0.2) is 36.4 Å². The van der Waals surface area contributed by atoms with Gasteiger partial charge in [-0.1, -0.05) is 35.3 Å². The van der Waals surface area contributed by atoms with Crippen molar-refractivity contribution in [3.63, 3.8) is 0 Å². The monoisotopic (exact) mass is 311 g/mol. The molecule has 2 aromatic rings. The number of halogens is 3. The van der Waals surface area contributed by atoms with Gasteiger partial charge < -0.3 is 5.32 Å². The number of benzene rings is 2. The topological polar surface area (TPSA) is 29.1 Å². The summed E-state index contributed by atoms with van der Waals surface area (Å²) in [4.78, 5) is 12.0. The van der Waals surface area contributed by atoms with Crippen LogP contribution in [0.5, 0.6) is 0 Å². The summed E-state index contributed by atoms with van der Waals surface area (Å²) in [5.74, 6) is -0.848. The van der Waals surface area contributed by atoms with Crippen LogP contribution in [0.25, 0.3) is 0 Å². The summed E-state index contributed by atoms with van der Waals surface area (Å²) in [5.41, 5.74) is 1.54. The minimum Gasteiger partial charge on any atom is -0.323 e. The van der Waals surface area contributed by atoms with Gasteiger partial charge in [-0.3, -0.25) is 4.79 Å². The molecule has 5 heteroatoms. The fourth-order valence-electron chi connectivity index (χ4n) is 1.79. The zero-order chi connectivity index (χ0) is 14.7. The van der Waals surface area contributed by atoms with Crippen LogP contribution in [-0.4, -0.2) is 5.91 Å². The molecule has 20 heavy (non-hydrogen) atoms. The largest absolute Gasteiger partial charge is 0.323 e. The van der Waals surface area contributed by atoms with Gasteiger partial charge in [-0.15, -0.1) is 0 Å². The zero-order valence-electron chi connectivity index (χ0n) is 10.7. The molecule has 0 saturated heterocycles. The van der Waals surface area contributed by atoms with Gasteiger partial charge in [0.25, 0.3) is 0 Å². The summed E-state index contributed by atoms with van der Waals surface area (Å²) < 4.78 is 13.6. The molecular formula is C15H12Cl2FNO. The number of carbonyl (C=O) groups excluding carboxylic acids is 1. The fourth-order valence-corrected chi connectivity index (χ4v) is 2.32. The first kappa shape index (κ1) is 14.8. The van der Waals surface area contributed by atoms with Crippen LogP contribution in [0, 0.1) is 12.7 Å². The Hall–Kier alpha value is -1.58. The van der Waals surface area contributed by atoms with Crippen molar-refractivity contribution >= 4 is 34.8 Å². The second kappa shape index (κ2) is 6.25. The molecule has 2 aromatic carbocycles. The van der Waals surface area contributed by atoms with E-state index in [4.69, 9.17) is 23.2 Å². The first-order valence-electron chi connectivity index (χ1n) is 5.96. The van der Waals surface area contributed by atoms with E-state index in [1.165, 1.54) is 6.07 Å². The molecule has 2 nitrogen and oxygen atoms in total. The molecule has 0 aliphatic rings. The second-order valence-corrected chi connectivity index (χ2v) is 5.22. The molecule has 0 aliphatic carbocycles. The van der Waals surface area contributed by atoms with Crippen molar-refractivity contribution < 1.29 is 9.18 Å². The van der Waals surface area contributed by atoms with Crippen molar-refractivity contribution in [3.05, 3.63) is 63.4 Å². The van der Waals surface area contributed by atoms with Gasteiger partial charge in [-0.05, 0) is 42.3 Å². The molecule has 0 atom stereocenters. The summed E-state index contributed by atoms with van der Waals surface area (Å²) >= 11 is 12.0. The first-order valence-corrected chi connectivity index (χ1v) is 6.72. The van der Waals surface area contributed by atoms with Gasteiger partial charge in [0.2, 0.25) is 5.91 Å². The Morgan fingerprint density at radius 2 is 1.85 bits per heavy atom. The molecule has 2 rings (SSSR count). The number of nitrogens with one attached hydrogen (secondary N) is 1. The van der Waals surface area contributed by atoms with Crippen molar-refractivity contribution in [1.29, 1.82) is 0 Å². The normalized spacial score (nSPS) is 10.4. The standard InChI is InChI=1S/C15H12Cl2FNO/c1-9-5-6-13(18)14(7-9)19-15(20)8-10-11(16)3-2-4-12(10)17/h2-7H,8H2,1H3,(H,19,20). The number of hydrogen-bond donors (Lipinski definition) is 1. The van der Waals surface area contributed by atoms with E-state index >= 15 is 0 Å². The van der Waals surface area contributed by atoms with Gasteiger partial charge in [-0.2, -0.15) is 0 Å². The van der Waals surface area contributed by atoms with Gasteiger partial charge in [0.05, 0.1) is 12.1 Å². The molecule has 0 spiro atoms. The van der Waals surface area contributed by atoms with E-state index in [0.29, 0.717) is 15.6 Å². The molecule has 0 bridgehead atoms.